The van der Waals surface area contributed by atoms with Crippen LogP contribution in [0.5, 0.6) is 0 Å². The average molecular weight is 348 g/mol. The van der Waals surface area contributed by atoms with E-state index in [-0.39, 0.29) is 11.9 Å². The molecular formula is C21H21FN4. The monoisotopic (exact) mass is 348 g/mol. The first-order valence-electron chi connectivity index (χ1n) is 8.53. The number of pyridine rings is 1. The number of nitrogens with zero attached hydrogens (tertiary/aromatic N) is 3. The lowest BCUT2D eigenvalue weighted by atomic mass is 10.1. The van der Waals surface area contributed by atoms with E-state index in [1.54, 1.807) is 24.5 Å². The third-order valence-electron chi connectivity index (χ3n) is 4.14. The molecule has 0 unspecified atom stereocenters. The highest BCUT2D eigenvalue weighted by atomic mass is 19.1. The summed E-state index contributed by atoms with van der Waals surface area (Å²) in [5, 5.41) is 3.43. The van der Waals surface area contributed by atoms with Gasteiger partial charge in [0.15, 0.2) is 5.82 Å². The molecule has 1 N–H and O–H groups in total. The van der Waals surface area contributed by atoms with Crippen molar-refractivity contribution in [3.8, 4) is 11.4 Å². The standard InChI is InChI=1S/C21H21FN4/c1-15(24-11-3-4-17-5-7-19(22)8-6-17)20-14-25-21(26-16(20)2)18-9-12-23-13-10-18/h3-10,12-15,24H,11H2,1-2H3/b4-3+/t15-/m1/s1. The molecule has 1 atom stereocenters. The Kier molecular flexibility index (Phi) is 5.81. The van der Waals surface area contributed by atoms with E-state index in [0.717, 1.165) is 22.4 Å². The number of nitrogens with one attached hydrogen (secondary N) is 1. The van der Waals surface area contributed by atoms with Gasteiger partial charge in [-0.25, -0.2) is 14.4 Å². The molecule has 0 aliphatic carbocycles. The van der Waals surface area contributed by atoms with Crippen LogP contribution in [0, 0.1) is 12.7 Å². The Hall–Kier alpha value is -2.92. The van der Waals surface area contributed by atoms with E-state index in [9.17, 15) is 4.39 Å². The lowest BCUT2D eigenvalue weighted by Gasteiger charge is -2.15. The molecule has 0 radical (unpaired) electrons. The molecule has 0 spiro atoms. The van der Waals surface area contributed by atoms with Gasteiger partial charge in [0.05, 0.1) is 0 Å². The Bertz CT molecular complexity index is 876. The molecule has 2 heterocycles. The molecule has 132 valence electrons. The van der Waals surface area contributed by atoms with Crippen LogP contribution in [0.2, 0.25) is 0 Å². The van der Waals surface area contributed by atoms with Crippen LogP contribution < -0.4 is 5.32 Å². The highest BCUT2D eigenvalue weighted by Crippen LogP contribution is 2.19. The van der Waals surface area contributed by atoms with Gasteiger partial charge in [0, 0.05) is 48.0 Å². The smallest absolute Gasteiger partial charge is 0.159 e. The topological polar surface area (TPSA) is 50.7 Å². The molecular weight excluding hydrogens is 327 g/mol. The molecule has 3 rings (SSSR count). The molecule has 0 saturated heterocycles. The van der Waals surface area contributed by atoms with Gasteiger partial charge >= 0.3 is 0 Å². The van der Waals surface area contributed by atoms with Crippen molar-refractivity contribution in [1.29, 1.82) is 0 Å². The van der Waals surface area contributed by atoms with Gasteiger partial charge in [-0.15, -0.1) is 0 Å². The number of aromatic nitrogens is 3. The molecule has 26 heavy (non-hydrogen) atoms. The summed E-state index contributed by atoms with van der Waals surface area (Å²) >= 11 is 0. The number of rotatable bonds is 6. The van der Waals surface area contributed by atoms with Gasteiger partial charge in [0.2, 0.25) is 0 Å². The molecule has 0 bridgehead atoms. The summed E-state index contributed by atoms with van der Waals surface area (Å²) < 4.78 is 12.9. The lowest BCUT2D eigenvalue weighted by Crippen LogP contribution is -2.20. The molecule has 0 saturated carbocycles. The predicted octanol–water partition coefficient (Wildman–Crippen LogP) is 4.35. The van der Waals surface area contributed by atoms with Crippen LogP contribution in [-0.2, 0) is 0 Å². The van der Waals surface area contributed by atoms with Crippen LogP contribution in [0.25, 0.3) is 17.5 Å². The number of halogens is 1. The third-order valence-corrected chi connectivity index (χ3v) is 4.14. The molecule has 3 aromatic rings. The van der Waals surface area contributed by atoms with E-state index in [4.69, 9.17) is 0 Å². The summed E-state index contributed by atoms with van der Waals surface area (Å²) in [7, 11) is 0. The minimum absolute atomic E-state index is 0.124. The van der Waals surface area contributed by atoms with E-state index in [0.29, 0.717) is 12.4 Å². The van der Waals surface area contributed by atoms with Crippen LogP contribution in [0.3, 0.4) is 0 Å². The number of aryl methyl sites for hydroxylation is 1. The van der Waals surface area contributed by atoms with Crippen molar-refractivity contribution in [3.63, 3.8) is 0 Å². The predicted molar refractivity (Wildman–Crippen MR) is 102 cm³/mol. The number of benzene rings is 1. The summed E-state index contributed by atoms with van der Waals surface area (Å²) in [4.78, 5) is 13.1. The molecule has 0 fully saturated rings. The van der Waals surface area contributed by atoms with Crippen molar-refractivity contribution in [1.82, 2.24) is 20.3 Å². The zero-order chi connectivity index (χ0) is 18.4. The first-order valence-corrected chi connectivity index (χ1v) is 8.53. The third kappa shape index (κ3) is 4.58. The normalized spacial score (nSPS) is 12.4. The van der Waals surface area contributed by atoms with Gasteiger partial charge in [0.25, 0.3) is 0 Å². The van der Waals surface area contributed by atoms with Gasteiger partial charge in [-0.2, -0.15) is 0 Å². The number of hydrogen-bond acceptors (Lipinski definition) is 4. The van der Waals surface area contributed by atoms with Gasteiger partial charge in [-0.1, -0.05) is 24.3 Å². The van der Waals surface area contributed by atoms with Crippen LogP contribution in [-0.4, -0.2) is 21.5 Å². The fourth-order valence-electron chi connectivity index (χ4n) is 2.67. The molecule has 0 aliphatic rings. The van der Waals surface area contributed by atoms with Gasteiger partial charge in [-0.3, -0.25) is 4.98 Å². The minimum Gasteiger partial charge on any atom is -0.307 e. The second-order valence-electron chi connectivity index (χ2n) is 6.05. The summed E-state index contributed by atoms with van der Waals surface area (Å²) in [5.41, 5.74) is 3.95. The Morgan fingerprint density at radius 3 is 2.54 bits per heavy atom. The van der Waals surface area contributed by atoms with E-state index in [1.807, 2.05) is 37.4 Å². The van der Waals surface area contributed by atoms with Gasteiger partial charge in [-0.05, 0) is 43.7 Å². The van der Waals surface area contributed by atoms with E-state index < -0.39 is 0 Å². The molecule has 4 nitrogen and oxygen atoms in total. The van der Waals surface area contributed by atoms with Crippen LogP contribution in [0.4, 0.5) is 4.39 Å². The minimum atomic E-state index is -0.223. The quantitative estimate of drug-likeness (QED) is 0.719. The SMILES string of the molecule is Cc1nc(-c2ccncc2)ncc1[C@@H](C)NC/C=C/c1ccc(F)cc1. The Labute approximate surface area is 152 Å². The first-order chi connectivity index (χ1) is 12.6. The van der Waals surface area contributed by atoms with E-state index >= 15 is 0 Å². The Balaban J connectivity index is 1.61. The zero-order valence-electron chi connectivity index (χ0n) is 14.9. The summed E-state index contributed by atoms with van der Waals surface area (Å²) in [6.07, 6.45) is 9.33. The maximum absolute atomic E-state index is 12.9. The average Bonchev–Trinajstić information content (AvgIpc) is 2.67. The van der Waals surface area contributed by atoms with Crippen LogP contribution in [0.1, 0.15) is 29.8 Å². The zero-order valence-corrected chi connectivity index (χ0v) is 14.9. The van der Waals surface area contributed by atoms with E-state index in [2.05, 4.69) is 27.2 Å². The van der Waals surface area contributed by atoms with Crippen molar-refractivity contribution in [2.75, 3.05) is 6.54 Å². The Morgan fingerprint density at radius 1 is 1.12 bits per heavy atom. The second-order valence-corrected chi connectivity index (χ2v) is 6.05. The Morgan fingerprint density at radius 2 is 1.85 bits per heavy atom. The molecule has 5 heteroatoms. The largest absolute Gasteiger partial charge is 0.307 e. The molecule has 2 aromatic heterocycles. The van der Waals surface area contributed by atoms with Gasteiger partial charge in [0.1, 0.15) is 5.82 Å². The maximum atomic E-state index is 12.9. The highest BCUT2D eigenvalue weighted by molar-refractivity contribution is 5.54. The van der Waals surface area contributed by atoms with Gasteiger partial charge < -0.3 is 5.32 Å². The number of hydrogen-bond donors (Lipinski definition) is 1. The van der Waals surface area contributed by atoms with Crippen molar-refractivity contribution < 1.29 is 4.39 Å². The van der Waals surface area contributed by atoms with Crippen LogP contribution >= 0.6 is 0 Å². The molecule has 0 aliphatic heterocycles. The highest BCUT2D eigenvalue weighted by Gasteiger charge is 2.11. The summed E-state index contributed by atoms with van der Waals surface area (Å²) in [6.45, 7) is 4.78. The van der Waals surface area contributed by atoms with Crippen LogP contribution in [0.15, 0.2) is 61.1 Å². The fourth-order valence-corrected chi connectivity index (χ4v) is 2.67. The molecule has 1 aromatic carbocycles. The maximum Gasteiger partial charge on any atom is 0.159 e. The lowest BCUT2D eigenvalue weighted by molar-refractivity contribution is 0.609. The summed E-state index contributed by atoms with van der Waals surface area (Å²) in [5.74, 6) is 0.483. The van der Waals surface area contributed by atoms with Crippen molar-refractivity contribution in [2.24, 2.45) is 0 Å². The van der Waals surface area contributed by atoms with Crippen molar-refractivity contribution in [3.05, 3.63) is 83.7 Å². The fraction of sp³-hybridized carbons (Fsp3) is 0.190. The summed E-state index contributed by atoms with van der Waals surface area (Å²) in [6, 6.07) is 10.4. The first kappa shape index (κ1) is 17.9. The van der Waals surface area contributed by atoms with Crippen molar-refractivity contribution in [2.45, 2.75) is 19.9 Å². The van der Waals surface area contributed by atoms with Crippen molar-refractivity contribution >= 4 is 6.08 Å². The molecule has 0 amide bonds. The second kappa shape index (κ2) is 8.45. The van der Waals surface area contributed by atoms with E-state index in [1.165, 1.54) is 12.1 Å².